The van der Waals surface area contributed by atoms with Crippen molar-refractivity contribution >= 4 is 23.2 Å². The Morgan fingerprint density at radius 3 is 2.79 bits per heavy atom. The topological polar surface area (TPSA) is 79.4 Å². The number of para-hydroxylation sites is 2. The van der Waals surface area contributed by atoms with E-state index in [-0.39, 0.29) is 5.91 Å². The highest BCUT2D eigenvalue weighted by molar-refractivity contribution is 5.82. The van der Waals surface area contributed by atoms with E-state index in [1.165, 1.54) is 0 Å². The maximum atomic E-state index is 11.8. The number of methoxy groups -OCH3 is 1. The van der Waals surface area contributed by atoms with E-state index < -0.39 is 0 Å². The number of nitrogens with one attached hydrogen (secondary N) is 2. The highest BCUT2D eigenvalue weighted by Crippen LogP contribution is 2.11. The monoisotopic (exact) mass is 322 g/mol. The molecule has 0 aliphatic carbocycles. The second-order valence-corrected chi connectivity index (χ2v) is 5.27. The molecule has 2 N–H and O–H groups in total. The third-order valence-electron chi connectivity index (χ3n) is 3.55. The zero-order valence-corrected chi connectivity index (χ0v) is 13.3. The van der Waals surface area contributed by atoms with Crippen LogP contribution >= 0.6 is 0 Å². The third-order valence-corrected chi connectivity index (χ3v) is 3.55. The van der Waals surface area contributed by atoms with Gasteiger partial charge < -0.3 is 9.72 Å². The summed E-state index contributed by atoms with van der Waals surface area (Å²) in [6.07, 6.45) is 2.46. The van der Waals surface area contributed by atoms with E-state index in [1.807, 2.05) is 48.5 Å². The summed E-state index contributed by atoms with van der Waals surface area (Å²) in [5, 5.41) is 3.96. The van der Waals surface area contributed by atoms with Gasteiger partial charge in [-0.15, -0.1) is 0 Å². The van der Waals surface area contributed by atoms with Crippen molar-refractivity contribution in [3.05, 3.63) is 59.9 Å². The van der Waals surface area contributed by atoms with Crippen molar-refractivity contribution in [2.45, 2.75) is 12.8 Å². The summed E-state index contributed by atoms with van der Waals surface area (Å²) in [7, 11) is 1.62. The number of aryl methyl sites for hydroxylation is 1. The number of aromatic amines is 1. The quantitative estimate of drug-likeness (QED) is 0.541. The van der Waals surface area contributed by atoms with Gasteiger partial charge in [-0.1, -0.05) is 12.1 Å². The molecule has 0 saturated heterocycles. The van der Waals surface area contributed by atoms with Gasteiger partial charge in [0.1, 0.15) is 11.6 Å². The summed E-state index contributed by atoms with van der Waals surface area (Å²) in [6, 6.07) is 15.2. The number of hydrogen-bond acceptors (Lipinski definition) is 4. The SMILES string of the molecule is COc1ccc(/C=N\NC(=O)CCc2nc3ccccc3[nH]2)cc1. The molecule has 0 unspecified atom stereocenters. The first-order valence-electron chi connectivity index (χ1n) is 7.64. The van der Waals surface area contributed by atoms with Gasteiger partial charge >= 0.3 is 0 Å². The number of fused-ring (bicyclic) bond motifs is 1. The average molecular weight is 322 g/mol. The van der Waals surface area contributed by atoms with E-state index >= 15 is 0 Å². The fourth-order valence-electron chi connectivity index (χ4n) is 2.28. The van der Waals surface area contributed by atoms with Crippen LogP contribution in [-0.2, 0) is 11.2 Å². The fourth-order valence-corrected chi connectivity index (χ4v) is 2.28. The second kappa shape index (κ2) is 7.41. The van der Waals surface area contributed by atoms with Gasteiger partial charge in [0.15, 0.2) is 0 Å². The van der Waals surface area contributed by atoms with E-state index in [4.69, 9.17) is 4.74 Å². The van der Waals surface area contributed by atoms with E-state index in [0.29, 0.717) is 12.8 Å². The Morgan fingerprint density at radius 2 is 2.04 bits per heavy atom. The number of amides is 1. The van der Waals surface area contributed by atoms with Crippen LogP contribution in [-0.4, -0.2) is 29.2 Å². The molecule has 1 aromatic heterocycles. The standard InChI is InChI=1S/C18H18N4O2/c1-24-14-8-6-13(7-9-14)12-19-22-18(23)11-10-17-20-15-4-2-3-5-16(15)21-17/h2-9,12H,10-11H2,1H3,(H,20,21)(H,22,23)/b19-12-. The number of rotatable bonds is 6. The van der Waals surface area contributed by atoms with Gasteiger partial charge in [0, 0.05) is 12.8 Å². The lowest BCUT2D eigenvalue weighted by Crippen LogP contribution is -2.18. The Bertz CT molecular complexity index is 820. The molecule has 0 saturated carbocycles. The van der Waals surface area contributed by atoms with Crippen LogP contribution in [0.25, 0.3) is 11.0 Å². The first kappa shape index (κ1) is 15.7. The van der Waals surface area contributed by atoms with Crippen molar-refractivity contribution in [1.29, 1.82) is 0 Å². The van der Waals surface area contributed by atoms with Crippen LogP contribution in [0.2, 0.25) is 0 Å². The number of ether oxygens (including phenoxy) is 1. The van der Waals surface area contributed by atoms with Gasteiger partial charge in [0.2, 0.25) is 5.91 Å². The Labute approximate surface area is 139 Å². The summed E-state index contributed by atoms with van der Waals surface area (Å²) < 4.78 is 5.08. The zero-order chi connectivity index (χ0) is 16.8. The number of carbonyl (C=O) groups is 1. The van der Waals surface area contributed by atoms with E-state index in [0.717, 1.165) is 28.2 Å². The number of imidazole rings is 1. The maximum Gasteiger partial charge on any atom is 0.240 e. The number of hydrogen-bond donors (Lipinski definition) is 2. The molecule has 0 radical (unpaired) electrons. The smallest absolute Gasteiger partial charge is 0.240 e. The summed E-state index contributed by atoms with van der Waals surface area (Å²) >= 11 is 0. The number of benzene rings is 2. The third kappa shape index (κ3) is 3.98. The largest absolute Gasteiger partial charge is 0.497 e. The minimum Gasteiger partial charge on any atom is -0.497 e. The summed E-state index contributed by atoms with van der Waals surface area (Å²) in [5.41, 5.74) is 5.29. The van der Waals surface area contributed by atoms with Crippen molar-refractivity contribution in [2.24, 2.45) is 5.10 Å². The second-order valence-electron chi connectivity index (χ2n) is 5.27. The normalized spacial score (nSPS) is 11.0. The molecule has 1 heterocycles. The molecule has 6 heteroatoms. The van der Waals surface area contributed by atoms with Crippen LogP contribution in [0.4, 0.5) is 0 Å². The molecular weight excluding hydrogens is 304 g/mol. The molecule has 6 nitrogen and oxygen atoms in total. The molecule has 2 aromatic carbocycles. The average Bonchev–Trinajstić information content (AvgIpc) is 3.03. The molecule has 0 aliphatic heterocycles. The maximum absolute atomic E-state index is 11.8. The van der Waals surface area contributed by atoms with Gasteiger partial charge in [0.25, 0.3) is 0 Å². The first-order chi connectivity index (χ1) is 11.7. The number of aromatic nitrogens is 2. The predicted octanol–water partition coefficient (Wildman–Crippen LogP) is 2.65. The molecule has 0 aliphatic rings. The minimum atomic E-state index is -0.153. The molecule has 0 atom stereocenters. The Hall–Kier alpha value is -3.15. The van der Waals surface area contributed by atoms with Gasteiger partial charge in [-0.25, -0.2) is 10.4 Å². The highest BCUT2D eigenvalue weighted by Gasteiger charge is 2.05. The van der Waals surface area contributed by atoms with Crippen LogP contribution in [0, 0.1) is 0 Å². The minimum absolute atomic E-state index is 0.153. The molecule has 24 heavy (non-hydrogen) atoms. The molecule has 0 spiro atoms. The van der Waals surface area contributed by atoms with Crippen molar-refractivity contribution in [3.8, 4) is 5.75 Å². The lowest BCUT2D eigenvalue weighted by molar-refractivity contribution is -0.121. The number of carbonyl (C=O) groups excluding carboxylic acids is 1. The highest BCUT2D eigenvalue weighted by atomic mass is 16.5. The summed E-state index contributed by atoms with van der Waals surface area (Å²) in [4.78, 5) is 19.5. The van der Waals surface area contributed by atoms with Crippen LogP contribution in [0.1, 0.15) is 17.8 Å². The molecule has 1 amide bonds. The van der Waals surface area contributed by atoms with Gasteiger partial charge in [-0.2, -0.15) is 5.10 Å². The van der Waals surface area contributed by atoms with Gasteiger partial charge in [0.05, 0.1) is 24.4 Å². The van der Waals surface area contributed by atoms with Crippen LogP contribution in [0.15, 0.2) is 53.6 Å². The summed E-state index contributed by atoms with van der Waals surface area (Å²) in [5.74, 6) is 1.42. The lowest BCUT2D eigenvalue weighted by atomic mass is 10.2. The van der Waals surface area contributed by atoms with Crippen LogP contribution < -0.4 is 10.2 Å². The predicted molar refractivity (Wildman–Crippen MR) is 93.1 cm³/mol. The van der Waals surface area contributed by atoms with Gasteiger partial charge in [-0.3, -0.25) is 4.79 Å². The molecular formula is C18H18N4O2. The Kier molecular flexibility index (Phi) is 4.86. The van der Waals surface area contributed by atoms with Crippen LogP contribution in [0.5, 0.6) is 5.75 Å². The Balaban J connectivity index is 1.49. The lowest BCUT2D eigenvalue weighted by Gasteiger charge is -2.00. The molecule has 3 aromatic rings. The fraction of sp³-hybridized carbons (Fsp3) is 0.167. The van der Waals surface area contributed by atoms with Crippen molar-refractivity contribution in [3.63, 3.8) is 0 Å². The van der Waals surface area contributed by atoms with E-state index in [2.05, 4.69) is 20.5 Å². The first-order valence-corrected chi connectivity index (χ1v) is 7.64. The number of hydrazone groups is 1. The van der Waals surface area contributed by atoms with Crippen molar-refractivity contribution in [1.82, 2.24) is 15.4 Å². The van der Waals surface area contributed by atoms with Gasteiger partial charge in [-0.05, 0) is 42.0 Å². The van der Waals surface area contributed by atoms with Crippen molar-refractivity contribution in [2.75, 3.05) is 7.11 Å². The zero-order valence-electron chi connectivity index (χ0n) is 13.3. The number of nitrogens with zero attached hydrogens (tertiary/aromatic N) is 2. The van der Waals surface area contributed by atoms with E-state index in [9.17, 15) is 4.79 Å². The molecule has 0 bridgehead atoms. The number of H-pyrrole nitrogens is 1. The Morgan fingerprint density at radius 1 is 1.25 bits per heavy atom. The molecule has 0 fully saturated rings. The molecule has 122 valence electrons. The van der Waals surface area contributed by atoms with Crippen molar-refractivity contribution < 1.29 is 9.53 Å². The molecule has 3 rings (SSSR count). The summed E-state index contributed by atoms with van der Waals surface area (Å²) in [6.45, 7) is 0. The van der Waals surface area contributed by atoms with Crippen LogP contribution in [0.3, 0.4) is 0 Å². The van der Waals surface area contributed by atoms with E-state index in [1.54, 1.807) is 13.3 Å².